The van der Waals surface area contributed by atoms with Crippen molar-refractivity contribution in [2.24, 2.45) is 0 Å². The summed E-state index contributed by atoms with van der Waals surface area (Å²) in [5.74, 6) is -1.00. The first-order chi connectivity index (χ1) is 13.6. The Morgan fingerprint density at radius 2 is 1.83 bits per heavy atom. The Bertz CT molecular complexity index is 1020. The van der Waals surface area contributed by atoms with Gasteiger partial charge in [-0.25, -0.2) is 13.2 Å². The molecule has 1 unspecified atom stereocenters. The number of sulfonamides is 1. The summed E-state index contributed by atoms with van der Waals surface area (Å²) >= 11 is 0. The van der Waals surface area contributed by atoms with Crippen LogP contribution in [0.25, 0.3) is 0 Å². The molecule has 0 aliphatic carbocycles. The predicted octanol–water partition coefficient (Wildman–Crippen LogP) is 3.27. The molecular formula is C21H26N2O5S. The van der Waals surface area contributed by atoms with Crippen LogP contribution in [0.5, 0.6) is 0 Å². The van der Waals surface area contributed by atoms with Gasteiger partial charge in [0.25, 0.3) is 0 Å². The Morgan fingerprint density at radius 3 is 2.38 bits per heavy atom. The summed E-state index contributed by atoms with van der Waals surface area (Å²) in [6.07, 6.45) is 1.34. The Labute approximate surface area is 171 Å². The number of amides is 1. The number of carbonyl (C=O) groups excluding carboxylic acids is 2. The van der Waals surface area contributed by atoms with Crippen molar-refractivity contribution in [1.29, 1.82) is 0 Å². The number of carbonyl (C=O) groups is 2. The maximum absolute atomic E-state index is 13.1. The molecule has 7 nitrogen and oxygen atoms in total. The van der Waals surface area contributed by atoms with Crippen molar-refractivity contribution in [1.82, 2.24) is 0 Å². The highest BCUT2D eigenvalue weighted by molar-refractivity contribution is 7.92. The molecular weight excluding hydrogens is 392 g/mol. The highest BCUT2D eigenvalue weighted by Gasteiger charge is 2.31. The lowest BCUT2D eigenvalue weighted by Crippen LogP contribution is -2.47. The number of nitrogens with zero attached hydrogens (tertiary/aromatic N) is 1. The van der Waals surface area contributed by atoms with Gasteiger partial charge in [0.1, 0.15) is 6.04 Å². The highest BCUT2D eigenvalue weighted by Crippen LogP contribution is 2.25. The van der Waals surface area contributed by atoms with E-state index in [0.717, 1.165) is 21.7 Å². The second kappa shape index (κ2) is 9.09. The average molecular weight is 419 g/mol. The van der Waals surface area contributed by atoms with Crippen molar-refractivity contribution in [2.45, 2.75) is 33.2 Å². The van der Waals surface area contributed by atoms with E-state index in [0.29, 0.717) is 16.9 Å². The molecule has 0 aromatic heterocycles. The van der Waals surface area contributed by atoms with Crippen LogP contribution in [0.3, 0.4) is 0 Å². The van der Waals surface area contributed by atoms with E-state index < -0.39 is 27.9 Å². The molecule has 0 saturated heterocycles. The minimum atomic E-state index is -3.72. The van der Waals surface area contributed by atoms with Crippen LogP contribution in [0.15, 0.2) is 42.5 Å². The van der Waals surface area contributed by atoms with E-state index in [-0.39, 0.29) is 6.42 Å². The fraction of sp³-hybridized carbons (Fsp3) is 0.333. The minimum absolute atomic E-state index is 0.266. The fourth-order valence-electron chi connectivity index (χ4n) is 3.04. The van der Waals surface area contributed by atoms with E-state index in [1.54, 1.807) is 44.2 Å². The number of hydrogen-bond donors (Lipinski definition) is 1. The number of esters is 1. The van der Waals surface area contributed by atoms with Gasteiger partial charge in [-0.1, -0.05) is 25.1 Å². The van der Waals surface area contributed by atoms with E-state index >= 15 is 0 Å². The van der Waals surface area contributed by atoms with E-state index in [4.69, 9.17) is 4.74 Å². The molecule has 1 N–H and O–H groups in total. The molecule has 29 heavy (non-hydrogen) atoms. The van der Waals surface area contributed by atoms with E-state index in [2.05, 4.69) is 5.32 Å². The second-order valence-electron chi connectivity index (χ2n) is 6.83. The second-order valence-corrected chi connectivity index (χ2v) is 8.69. The highest BCUT2D eigenvalue weighted by atomic mass is 32.2. The molecule has 2 aromatic carbocycles. The molecule has 0 saturated carbocycles. The number of ether oxygens (including phenoxy) is 1. The van der Waals surface area contributed by atoms with E-state index in [1.807, 2.05) is 13.0 Å². The van der Waals surface area contributed by atoms with Gasteiger partial charge in [-0.15, -0.1) is 0 Å². The van der Waals surface area contributed by atoms with Gasteiger partial charge in [0.2, 0.25) is 15.9 Å². The lowest BCUT2D eigenvalue weighted by Gasteiger charge is -2.30. The lowest BCUT2D eigenvalue weighted by molar-refractivity contribution is -0.117. The van der Waals surface area contributed by atoms with Crippen LogP contribution >= 0.6 is 0 Å². The number of anilines is 2. The quantitative estimate of drug-likeness (QED) is 0.697. The van der Waals surface area contributed by atoms with Gasteiger partial charge in [0, 0.05) is 5.69 Å². The maximum Gasteiger partial charge on any atom is 0.337 e. The van der Waals surface area contributed by atoms with Crippen LogP contribution in [0.1, 0.15) is 34.8 Å². The Kier molecular flexibility index (Phi) is 7.02. The minimum Gasteiger partial charge on any atom is -0.465 e. The lowest BCUT2D eigenvalue weighted by atomic mass is 10.1. The van der Waals surface area contributed by atoms with Gasteiger partial charge < -0.3 is 10.1 Å². The van der Waals surface area contributed by atoms with Crippen LogP contribution < -0.4 is 9.62 Å². The number of rotatable bonds is 7. The Balaban J connectivity index is 2.42. The molecule has 0 heterocycles. The van der Waals surface area contributed by atoms with Crippen molar-refractivity contribution in [3.05, 3.63) is 59.2 Å². The average Bonchev–Trinajstić information content (AvgIpc) is 2.65. The molecule has 0 radical (unpaired) electrons. The van der Waals surface area contributed by atoms with Crippen molar-refractivity contribution in [3.63, 3.8) is 0 Å². The third kappa shape index (κ3) is 5.35. The van der Waals surface area contributed by atoms with Gasteiger partial charge >= 0.3 is 5.97 Å². The van der Waals surface area contributed by atoms with Gasteiger partial charge in [-0.05, 0) is 55.7 Å². The monoisotopic (exact) mass is 418 g/mol. The normalized spacial score (nSPS) is 12.2. The summed E-state index contributed by atoms with van der Waals surface area (Å²) in [7, 11) is -2.44. The Morgan fingerprint density at radius 1 is 1.14 bits per heavy atom. The molecule has 8 heteroatoms. The zero-order valence-corrected chi connectivity index (χ0v) is 18.0. The van der Waals surface area contributed by atoms with Gasteiger partial charge in [-0.2, -0.15) is 0 Å². The van der Waals surface area contributed by atoms with Crippen molar-refractivity contribution >= 4 is 33.3 Å². The smallest absolute Gasteiger partial charge is 0.337 e. The van der Waals surface area contributed by atoms with Crippen molar-refractivity contribution in [3.8, 4) is 0 Å². The van der Waals surface area contributed by atoms with Crippen LogP contribution in [-0.4, -0.2) is 39.7 Å². The van der Waals surface area contributed by atoms with Crippen LogP contribution in [0, 0.1) is 13.8 Å². The first kappa shape index (κ1) is 22.4. The molecule has 1 amide bonds. The molecule has 156 valence electrons. The number of benzene rings is 2. The summed E-state index contributed by atoms with van der Waals surface area (Å²) in [6.45, 7) is 5.38. The zero-order valence-electron chi connectivity index (χ0n) is 17.2. The molecule has 2 rings (SSSR count). The number of hydrogen-bond acceptors (Lipinski definition) is 5. The standard InChI is InChI=1S/C21H26N2O5S/c1-6-19(23(29(5,26)27)17-9-7-8-14(2)12-17)20(24)22-18-13-16(21(25)28-4)11-10-15(18)3/h7-13,19H,6H2,1-5H3,(H,22,24). The zero-order chi connectivity index (χ0) is 21.8. The van der Waals surface area contributed by atoms with Gasteiger partial charge in [0.15, 0.2) is 0 Å². The number of nitrogens with one attached hydrogen (secondary N) is 1. The summed E-state index contributed by atoms with van der Waals surface area (Å²) < 4.78 is 30.9. The largest absolute Gasteiger partial charge is 0.465 e. The molecule has 2 aromatic rings. The molecule has 0 spiro atoms. The van der Waals surface area contributed by atoms with E-state index in [1.165, 1.54) is 13.2 Å². The fourth-order valence-corrected chi connectivity index (χ4v) is 4.25. The van der Waals surface area contributed by atoms with Crippen LogP contribution in [-0.2, 0) is 19.6 Å². The van der Waals surface area contributed by atoms with E-state index in [9.17, 15) is 18.0 Å². The van der Waals surface area contributed by atoms with Gasteiger partial charge in [-0.3, -0.25) is 9.10 Å². The Hall–Kier alpha value is -2.87. The van der Waals surface area contributed by atoms with Crippen molar-refractivity contribution in [2.75, 3.05) is 23.0 Å². The van der Waals surface area contributed by atoms with Gasteiger partial charge in [0.05, 0.1) is 24.6 Å². The SMILES string of the molecule is CCC(C(=O)Nc1cc(C(=O)OC)ccc1C)N(c1cccc(C)c1)S(C)(=O)=O. The summed E-state index contributed by atoms with van der Waals surface area (Å²) in [4.78, 5) is 24.8. The summed E-state index contributed by atoms with van der Waals surface area (Å²) in [6, 6.07) is 10.8. The number of methoxy groups -OCH3 is 1. The summed E-state index contributed by atoms with van der Waals surface area (Å²) in [5, 5.41) is 2.76. The maximum atomic E-state index is 13.1. The molecule has 0 bridgehead atoms. The first-order valence-corrected chi connectivity index (χ1v) is 11.0. The predicted molar refractivity (Wildman–Crippen MR) is 114 cm³/mol. The van der Waals surface area contributed by atoms with Crippen LogP contribution in [0.2, 0.25) is 0 Å². The topological polar surface area (TPSA) is 92.8 Å². The molecule has 0 fully saturated rings. The number of aryl methyl sites for hydroxylation is 2. The van der Waals surface area contributed by atoms with Crippen LogP contribution in [0.4, 0.5) is 11.4 Å². The third-order valence-corrected chi connectivity index (χ3v) is 5.68. The molecule has 1 atom stereocenters. The first-order valence-electron chi connectivity index (χ1n) is 9.14. The molecule has 0 aliphatic rings. The third-order valence-electron chi connectivity index (χ3n) is 4.50. The van der Waals surface area contributed by atoms with Crippen molar-refractivity contribution < 1.29 is 22.7 Å². The summed E-state index contributed by atoms with van der Waals surface area (Å²) in [5.41, 5.74) is 2.76. The molecule has 0 aliphatic heterocycles.